The zero-order valence-electron chi connectivity index (χ0n) is 13.2. The summed E-state index contributed by atoms with van der Waals surface area (Å²) < 4.78 is 5.60. The van der Waals surface area contributed by atoms with E-state index < -0.39 is 22.1 Å². The molecule has 0 saturated carbocycles. The molecular formula is C19H11NO6. The smallest absolute Gasteiger partial charge is 0.315 e. The zero-order valence-corrected chi connectivity index (χ0v) is 13.2. The van der Waals surface area contributed by atoms with Gasteiger partial charge in [0.25, 0.3) is 0 Å². The molecule has 0 aromatic heterocycles. The molecule has 0 saturated heterocycles. The maximum atomic E-state index is 12.7. The maximum Gasteiger partial charge on any atom is 0.315 e. The van der Waals surface area contributed by atoms with E-state index in [1.807, 2.05) is 30.3 Å². The number of ketones is 1. The molecule has 7 heteroatoms. The first-order chi connectivity index (χ1) is 12.5. The lowest BCUT2D eigenvalue weighted by Gasteiger charge is -2.02. The van der Waals surface area contributed by atoms with Crippen LogP contribution in [-0.2, 0) is 0 Å². The lowest BCUT2D eigenvalue weighted by atomic mass is 10.0. The van der Waals surface area contributed by atoms with E-state index in [2.05, 4.69) is 0 Å². The van der Waals surface area contributed by atoms with Crippen molar-refractivity contribution in [1.29, 1.82) is 0 Å². The number of nitro groups is 1. The minimum Gasteiger partial charge on any atom is -0.504 e. The van der Waals surface area contributed by atoms with Crippen molar-refractivity contribution in [3.8, 4) is 17.2 Å². The van der Waals surface area contributed by atoms with Gasteiger partial charge in [0, 0.05) is 6.07 Å². The average molecular weight is 349 g/mol. The van der Waals surface area contributed by atoms with Crippen LogP contribution in [0.4, 0.5) is 5.69 Å². The van der Waals surface area contributed by atoms with Crippen LogP contribution in [0.25, 0.3) is 16.8 Å². The van der Waals surface area contributed by atoms with Gasteiger partial charge in [-0.2, -0.15) is 0 Å². The standard InChI is InChI=1S/C19H11NO6/c21-14-8-10(7-13(18(14)22)20(24)25)9-16-19(23)17-12-4-2-1-3-11(12)5-6-15(17)26-16/h1-9,21-22H/b16-9-. The van der Waals surface area contributed by atoms with E-state index in [4.69, 9.17) is 4.74 Å². The van der Waals surface area contributed by atoms with Gasteiger partial charge in [-0.25, -0.2) is 0 Å². The molecule has 0 unspecified atom stereocenters. The molecular weight excluding hydrogens is 338 g/mol. The molecule has 1 aliphatic heterocycles. The Labute approximate surface area is 146 Å². The van der Waals surface area contributed by atoms with E-state index in [-0.39, 0.29) is 17.1 Å². The summed E-state index contributed by atoms with van der Waals surface area (Å²) in [6.45, 7) is 0. The number of fused-ring (bicyclic) bond motifs is 3. The number of aromatic hydroxyl groups is 2. The predicted octanol–water partition coefficient (Wildman–Crippen LogP) is 3.78. The number of carbonyl (C=O) groups is 1. The molecule has 1 heterocycles. The number of phenols is 2. The molecule has 0 atom stereocenters. The number of allylic oxidation sites excluding steroid dienone is 1. The Morgan fingerprint density at radius 3 is 2.62 bits per heavy atom. The topological polar surface area (TPSA) is 110 Å². The average Bonchev–Trinajstić information content (AvgIpc) is 2.94. The van der Waals surface area contributed by atoms with Gasteiger partial charge in [0.15, 0.2) is 11.5 Å². The third-order valence-electron chi connectivity index (χ3n) is 4.15. The molecule has 3 aromatic carbocycles. The number of hydrogen-bond donors (Lipinski definition) is 2. The molecule has 0 amide bonds. The highest BCUT2D eigenvalue weighted by Gasteiger charge is 2.29. The number of rotatable bonds is 2. The molecule has 4 rings (SSSR count). The fraction of sp³-hybridized carbons (Fsp3) is 0. The monoisotopic (exact) mass is 349 g/mol. The minimum absolute atomic E-state index is 0.0178. The Balaban J connectivity index is 1.82. The second-order valence-corrected chi connectivity index (χ2v) is 5.76. The van der Waals surface area contributed by atoms with Crippen LogP contribution in [-0.4, -0.2) is 20.9 Å². The van der Waals surface area contributed by atoms with E-state index in [0.29, 0.717) is 11.3 Å². The highest BCUT2D eigenvalue weighted by molar-refractivity contribution is 6.21. The van der Waals surface area contributed by atoms with Crippen molar-refractivity contribution in [2.75, 3.05) is 0 Å². The van der Waals surface area contributed by atoms with Crippen molar-refractivity contribution < 1.29 is 24.7 Å². The Kier molecular flexibility index (Phi) is 3.37. The van der Waals surface area contributed by atoms with Crippen molar-refractivity contribution >= 4 is 28.3 Å². The van der Waals surface area contributed by atoms with Gasteiger partial charge in [-0.3, -0.25) is 14.9 Å². The van der Waals surface area contributed by atoms with Gasteiger partial charge in [-0.15, -0.1) is 0 Å². The van der Waals surface area contributed by atoms with Crippen molar-refractivity contribution in [2.45, 2.75) is 0 Å². The first-order valence-electron chi connectivity index (χ1n) is 7.62. The van der Waals surface area contributed by atoms with Crippen LogP contribution in [0.5, 0.6) is 17.2 Å². The summed E-state index contributed by atoms with van der Waals surface area (Å²) in [5.74, 6) is -1.45. The fourth-order valence-corrected chi connectivity index (χ4v) is 2.95. The fourth-order valence-electron chi connectivity index (χ4n) is 2.95. The van der Waals surface area contributed by atoms with Crippen LogP contribution in [0, 0.1) is 10.1 Å². The number of hydrogen-bond acceptors (Lipinski definition) is 6. The van der Waals surface area contributed by atoms with Gasteiger partial charge >= 0.3 is 5.69 Å². The molecule has 7 nitrogen and oxygen atoms in total. The van der Waals surface area contributed by atoms with Crippen LogP contribution >= 0.6 is 0 Å². The molecule has 26 heavy (non-hydrogen) atoms. The number of nitrogens with zero attached hydrogens (tertiary/aromatic N) is 1. The number of ether oxygens (including phenoxy) is 1. The summed E-state index contributed by atoms with van der Waals surface area (Å²) in [5.41, 5.74) is -0.0791. The minimum atomic E-state index is -0.829. The number of phenolic OH excluding ortho intramolecular Hbond substituents is 2. The SMILES string of the molecule is O=C1/C(=C/c2cc(O)c(O)c([N+](=O)[O-])c2)Oc2ccc3ccccc3c21. The predicted molar refractivity (Wildman–Crippen MR) is 93.3 cm³/mol. The normalized spacial score (nSPS) is 14.5. The van der Waals surface area contributed by atoms with Gasteiger partial charge in [-0.05, 0) is 34.5 Å². The van der Waals surface area contributed by atoms with E-state index >= 15 is 0 Å². The summed E-state index contributed by atoms with van der Waals surface area (Å²) in [6, 6.07) is 13.1. The van der Waals surface area contributed by atoms with Gasteiger partial charge in [0.1, 0.15) is 5.75 Å². The van der Waals surface area contributed by atoms with Crippen molar-refractivity contribution in [3.05, 3.63) is 75.5 Å². The Hall–Kier alpha value is -3.87. The lowest BCUT2D eigenvalue weighted by Crippen LogP contribution is -1.99. The highest BCUT2D eigenvalue weighted by Crippen LogP contribution is 2.39. The maximum absolute atomic E-state index is 12.7. The molecule has 0 fully saturated rings. The van der Waals surface area contributed by atoms with Crippen LogP contribution in [0.2, 0.25) is 0 Å². The van der Waals surface area contributed by atoms with E-state index in [9.17, 15) is 25.1 Å². The molecule has 128 valence electrons. The Bertz CT molecular complexity index is 1130. The van der Waals surface area contributed by atoms with Crippen LogP contribution < -0.4 is 4.74 Å². The Morgan fingerprint density at radius 2 is 1.85 bits per heavy atom. The third-order valence-corrected chi connectivity index (χ3v) is 4.15. The molecule has 0 radical (unpaired) electrons. The number of carbonyl (C=O) groups excluding carboxylic acids is 1. The van der Waals surface area contributed by atoms with E-state index in [1.165, 1.54) is 6.08 Å². The van der Waals surface area contributed by atoms with Gasteiger partial charge in [0.05, 0.1) is 10.5 Å². The molecule has 0 spiro atoms. The number of Topliss-reactive ketones (excluding diaryl/α,β-unsaturated/α-hetero) is 1. The zero-order chi connectivity index (χ0) is 18.4. The summed E-state index contributed by atoms with van der Waals surface area (Å²) in [5, 5.41) is 31.8. The van der Waals surface area contributed by atoms with Crippen LogP contribution in [0.15, 0.2) is 54.3 Å². The second kappa shape index (κ2) is 5.59. The first-order valence-corrected chi connectivity index (χ1v) is 7.62. The lowest BCUT2D eigenvalue weighted by molar-refractivity contribution is -0.386. The largest absolute Gasteiger partial charge is 0.504 e. The highest BCUT2D eigenvalue weighted by atomic mass is 16.6. The molecule has 3 aromatic rings. The van der Waals surface area contributed by atoms with E-state index in [1.54, 1.807) is 6.07 Å². The quantitative estimate of drug-likeness (QED) is 0.315. The van der Waals surface area contributed by atoms with Crippen molar-refractivity contribution in [2.24, 2.45) is 0 Å². The van der Waals surface area contributed by atoms with Crippen molar-refractivity contribution in [1.82, 2.24) is 0 Å². The third kappa shape index (κ3) is 2.34. The molecule has 0 bridgehead atoms. The number of benzene rings is 3. The Morgan fingerprint density at radius 1 is 1.08 bits per heavy atom. The number of nitro benzene ring substituents is 1. The van der Waals surface area contributed by atoms with Crippen molar-refractivity contribution in [3.63, 3.8) is 0 Å². The molecule has 1 aliphatic rings. The van der Waals surface area contributed by atoms with Gasteiger partial charge in [-0.1, -0.05) is 30.3 Å². The van der Waals surface area contributed by atoms with Crippen LogP contribution in [0.1, 0.15) is 15.9 Å². The first kappa shape index (κ1) is 15.6. The second-order valence-electron chi connectivity index (χ2n) is 5.76. The summed E-state index contributed by atoms with van der Waals surface area (Å²) in [7, 11) is 0. The summed E-state index contributed by atoms with van der Waals surface area (Å²) >= 11 is 0. The van der Waals surface area contributed by atoms with Gasteiger partial charge < -0.3 is 14.9 Å². The summed E-state index contributed by atoms with van der Waals surface area (Å²) in [4.78, 5) is 22.9. The molecule has 0 aliphatic carbocycles. The van der Waals surface area contributed by atoms with E-state index in [0.717, 1.165) is 22.9 Å². The van der Waals surface area contributed by atoms with Crippen LogP contribution in [0.3, 0.4) is 0 Å². The molecule has 2 N–H and O–H groups in total. The van der Waals surface area contributed by atoms with Gasteiger partial charge in [0.2, 0.25) is 11.5 Å². The summed E-state index contributed by atoms with van der Waals surface area (Å²) in [6.07, 6.45) is 1.29.